The van der Waals surface area contributed by atoms with Gasteiger partial charge in [0.25, 0.3) is 0 Å². The lowest BCUT2D eigenvalue weighted by Crippen LogP contribution is -2.36. The first kappa shape index (κ1) is 12.4. The van der Waals surface area contributed by atoms with Crippen molar-refractivity contribution < 1.29 is 9.53 Å². The minimum absolute atomic E-state index is 0.199. The first-order valence-corrected chi connectivity index (χ1v) is 6.72. The number of aromatic amines is 1. The lowest BCUT2D eigenvalue weighted by atomic mass is 10.1. The molecule has 1 amide bonds. The highest BCUT2D eigenvalue weighted by Gasteiger charge is 2.59. The molecule has 1 aliphatic heterocycles. The van der Waals surface area contributed by atoms with Crippen molar-refractivity contribution in [3.8, 4) is 0 Å². The van der Waals surface area contributed by atoms with E-state index < -0.39 is 5.60 Å². The monoisotopic (exact) mass is 264 g/mol. The number of H-pyrrole nitrogens is 1. The molecule has 6 nitrogen and oxygen atoms in total. The number of hydrogen-bond acceptors (Lipinski definition) is 4. The van der Waals surface area contributed by atoms with Gasteiger partial charge in [-0.15, -0.1) is 0 Å². The van der Waals surface area contributed by atoms with Crippen LogP contribution in [0.3, 0.4) is 0 Å². The van der Waals surface area contributed by atoms with E-state index in [0.29, 0.717) is 17.8 Å². The van der Waals surface area contributed by atoms with E-state index in [9.17, 15) is 4.79 Å². The molecule has 2 unspecified atom stereocenters. The molecule has 2 aliphatic rings. The van der Waals surface area contributed by atoms with Crippen LogP contribution in [-0.4, -0.2) is 45.1 Å². The second-order valence-electron chi connectivity index (χ2n) is 6.53. The molecule has 0 spiro atoms. The van der Waals surface area contributed by atoms with E-state index in [1.807, 2.05) is 32.6 Å². The van der Waals surface area contributed by atoms with Gasteiger partial charge in [-0.2, -0.15) is 15.4 Å². The molecule has 1 saturated carbocycles. The van der Waals surface area contributed by atoms with Gasteiger partial charge in [0.1, 0.15) is 5.60 Å². The Morgan fingerprint density at radius 3 is 2.42 bits per heavy atom. The molecule has 1 aliphatic carbocycles. The smallest absolute Gasteiger partial charge is 0.410 e. The molecule has 1 aromatic heterocycles. The number of carbonyl (C=O) groups is 1. The molecule has 19 heavy (non-hydrogen) atoms. The fraction of sp³-hybridized carbons (Fsp3) is 0.769. The third-order valence-corrected chi connectivity index (χ3v) is 3.92. The fourth-order valence-electron chi connectivity index (χ4n) is 3.02. The van der Waals surface area contributed by atoms with Crippen LogP contribution >= 0.6 is 0 Å². The molecule has 104 valence electrons. The summed E-state index contributed by atoms with van der Waals surface area (Å²) in [7, 11) is 0. The van der Waals surface area contributed by atoms with Gasteiger partial charge in [-0.3, -0.25) is 0 Å². The Balaban J connectivity index is 1.59. The Kier molecular flexibility index (Phi) is 2.59. The number of hydrogen-bond donors (Lipinski definition) is 1. The molecule has 0 radical (unpaired) electrons. The number of piperidine rings is 1. The van der Waals surface area contributed by atoms with Crippen molar-refractivity contribution >= 4 is 6.09 Å². The summed E-state index contributed by atoms with van der Waals surface area (Å²) in [6, 6.07) is 0. The minimum atomic E-state index is -0.425. The summed E-state index contributed by atoms with van der Waals surface area (Å²) in [4.78, 5) is 13.8. The number of nitrogens with one attached hydrogen (secondary N) is 1. The molecule has 1 N–H and O–H groups in total. The largest absolute Gasteiger partial charge is 0.444 e. The van der Waals surface area contributed by atoms with Crippen LogP contribution in [0.25, 0.3) is 0 Å². The standard InChI is InChI=1S/C13H20N4O2/c1-7-11(15-16-14-7)10-8-5-17(6-9(8)10)12(18)19-13(2,3)4/h8-10H,5-6H2,1-4H3,(H,14,15,16). The Morgan fingerprint density at radius 1 is 1.32 bits per heavy atom. The zero-order chi connectivity index (χ0) is 13.8. The van der Waals surface area contributed by atoms with E-state index in [1.54, 1.807) is 0 Å². The van der Waals surface area contributed by atoms with Gasteiger partial charge in [0.2, 0.25) is 0 Å². The lowest BCUT2D eigenvalue weighted by molar-refractivity contribution is 0.0271. The average molecular weight is 264 g/mol. The maximum atomic E-state index is 12.0. The van der Waals surface area contributed by atoms with Crippen molar-refractivity contribution in [2.24, 2.45) is 11.8 Å². The van der Waals surface area contributed by atoms with Gasteiger partial charge in [0.05, 0.1) is 11.4 Å². The van der Waals surface area contributed by atoms with Gasteiger partial charge < -0.3 is 9.64 Å². The van der Waals surface area contributed by atoms with Crippen LogP contribution < -0.4 is 0 Å². The normalized spacial score (nSPS) is 29.3. The number of amides is 1. The molecular weight excluding hydrogens is 244 g/mol. The van der Waals surface area contributed by atoms with E-state index in [0.717, 1.165) is 24.5 Å². The van der Waals surface area contributed by atoms with Crippen LogP contribution in [0.15, 0.2) is 0 Å². The first-order valence-electron chi connectivity index (χ1n) is 6.72. The van der Waals surface area contributed by atoms with Gasteiger partial charge >= 0.3 is 6.09 Å². The SMILES string of the molecule is Cc1n[nH]nc1C1C2CN(C(=O)OC(C)(C)C)CC21. The van der Waals surface area contributed by atoms with E-state index in [4.69, 9.17) is 4.74 Å². The zero-order valence-corrected chi connectivity index (χ0v) is 11.8. The number of aryl methyl sites for hydroxylation is 1. The van der Waals surface area contributed by atoms with Gasteiger partial charge in [-0.1, -0.05) is 0 Å². The topological polar surface area (TPSA) is 71.1 Å². The highest BCUT2D eigenvalue weighted by atomic mass is 16.6. The molecule has 0 bridgehead atoms. The molecule has 3 rings (SSSR count). The van der Waals surface area contributed by atoms with Gasteiger partial charge in [-0.25, -0.2) is 4.79 Å². The van der Waals surface area contributed by atoms with Crippen molar-refractivity contribution in [1.29, 1.82) is 0 Å². The summed E-state index contributed by atoms with van der Waals surface area (Å²) in [5, 5.41) is 11.0. The summed E-state index contributed by atoms with van der Waals surface area (Å²) < 4.78 is 5.39. The number of carbonyl (C=O) groups excluding carboxylic acids is 1. The lowest BCUT2D eigenvalue weighted by Gasteiger charge is -2.25. The molecular formula is C13H20N4O2. The third-order valence-electron chi connectivity index (χ3n) is 3.92. The van der Waals surface area contributed by atoms with Crippen LogP contribution in [0.4, 0.5) is 4.79 Å². The third kappa shape index (κ3) is 2.19. The fourth-order valence-corrected chi connectivity index (χ4v) is 3.02. The number of ether oxygens (including phenoxy) is 1. The van der Waals surface area contributed by atoms with E-state index in [-0.39, 0.29) is 6.09 Å². The molecule has 1 saturated heterocycles. The van der Waals surface area contributed by atoms with Crippen molar-refractivity contribution in [2.75, 3.05) is 13.1 Å². The highest BCUT2D eigenvalue weighted by molar-refractivity contribution is 5.69. The Hall–Kier alpha value is -1.59. The van der Waals surface area contributed by atoms with Crippen molar-refractivity contribution in [3.63, 3.8) is 0 Å². The number of aromatic nitrogens is 3. The molecule has 2 heterocycles. The Bertz CT molecular complexity index is 493. The molecule has 2 fully saturated rings. The van der Waals surface area contributed by atoms with Crippen LogP contribution in [0, 0.1) is 18.8 Å². The van der Waals surface area contributed by atoms with Gasteiger partial charge in [-0.05, 0) is 39.5 Å². The molecule has 1 aromatic rings. The summed E-state index contributed by atoms with van der Waals surface area (Å²) >= 11 is 0. The second-order valence-corrected chi connectivity index (χ2v) is 6.53. The Labute approximate surface area is 112 Å². The number of fused-ring (bicyclic) bond motifs is 1. The summed E-state index contributed by atoms with van der Waals surface area (Å²) in [5.41, 5.74) is 1.62. The highest BCUT2D eigenvalue weighted by Crippen LogP contribution is 2.58. The zero-order valence-electron chi connectivity index (χ0n) is 11.8. The summed E-state index contributed by atoms with van der Waals surface area (Å²) in [6.07, 6.45) is -0.199. The van der Waals surface area contributed by atoms with Crippen LogP contribution in [-0.2, 0) is 4.74 Å². The number of rotatable bonds is 1. The number of nitrogens with zero attached hydrogens (tertiary/aromatic N) is 3. The van der Waals surface area contributed by atoms with Crippen molar-refractivity contribution in [2.45, 2.75) is 39.2 Å². The quantitative estimate of drug-likeness (QED) is 0.838. The van der Waals surface area contributed by atoms with Crippen LogP contribution in [0.1, 0.15) is 38.1 Å². The predicted molar refractivity (Wildman–Crippen MR) is 68.6 cm³/mol. The second kappa shape index (κ2) is 3.95. The summed E-state index contributed by atoms with van der Waals surface area (Å²) in [5.74, 6) is 1.52. The van der Waals surface area contributed by atoms with Gasteiger partial charge in [0, 0.05) is 19.0 Å². The number of likely N-dealkylation sites (tertiary alicyclic amines) is 1. The van der Waals surface area contributed by atoms with Crippen LogP contribution in [0.2, 0.25) is 0 Å². The molecule has 0 aromatic carbocycles. The molecule has 6 heteroatoms. The molecule has 2 atom stereocenters. The first-order chi connectivity index (χ1) is 8.87. The minimum Gasteiger partial charge on any atom is -0.444 e. The predicted octanol–water partition coefficient (Wildman–Crippen LogP) is 1.69. The van der Waals surface area contributed by atoms with Crippen molar-refractivity contribution in [3.05, 3.63) is 11.4 Å². The van der Waals surface area contributed by atoms with Gasteiger partial charge in [0.15, 0.2) is 0 Å². The maximum absolute atomic E-state index is 12.0. The van der Waals surface area contributed by atoms with Crippen molar-refractivity contribution in [1.82, 2.24) is 20.3 Å². The Morgan fingerprint density at radius 2 is 1.95 bits per heavy atom. The van der Waals surface area contributed by atoms with E-state index >= 15 is 0 Å². The average Bonchev–Trinajstić information content (AvgIpc) is 2.68. The maximum Gasteiger partial charge on any atom is 0.410 e. The van der Waals surface area contributed by atoms with E-state index in [2.05, 4.69) is 15.4 Å². The van der Waals surface area contributed by atoms with Crippen LogP contribution in [0.5, 0.6) is 0 Å². The summed E-state index contributed by atoms with van der Waals surface area (Å²) in [6.45, 7) is 9.20. The van der Waals surface area contributed by atoms with E-state index in [1.165, 1.54) is 0 Å².